The molecule has 0 radical (unpaired) electrons. The summed E-state index contributed by atoms with van der Waals surface area (Å²) >= 11 is 0. The lowest BCUT2D eigenvalue weighted by molar-refractivity contribution is 0.0735. The molecule has 3 aromatic carbocycles. The number of rotatable bonds is 4. The highest BCUT2D eigenvalue weighted by Crippen LogP contribution is 2.23. The van der Waals surface area contributed by atoms with Gasteiger partial charge in [0.15, 0.2) is 0 Å². The van der Waals surface area contributed by atoms with Crippen LogP contribution >= 0.6 is 0 Å². The van der Waals surface area contributed by atoms with Crippen molar-refractivity contribution in [3.05, 3.63) is 83.9 Å². The van der Waals surface area contributed by atoms with Crippen LogP contribution in [0.3, 0.4) is 0 Å². The van der Waals surface area contributed by atoms with Crippen LogP contribution < -0.4 is 9.47 Å². The first-order chi connectivity index (χ1) is 11.7. The third-order valence-electron chi connectivity index (χ3n) is 3.78. The highest BCUT2D eigenvalue weighted by atomic mass is 16.5. The maximum atomic E-state index is 12.1. The quantitative estimate of drug-likeness (QED) is 0.507. The van der Waals surface area contributed by atoms with Gasteiger partial charge >= 0.3 is 5.97 Å². The SMILES string of the molecule is COc1ccc(C(=O)Oc2ccc(-c3ccc(C)cc3)cc2)cc1. The molecule has 0 fully saturated rings. The number of hydrogen-bond donors (Lipinski definition) is 0. The first-order valence-electron chi connectivity index (χ1n) is 7.69. The molecule has 0 N–H and O–H groups in total. The first kappa shape index (κ1) is 15.8. The topological polar surface area (TPSA) is 35.5 Å². The average molecular weight is 318 g/mol. The van der Waals surface area contributed by atoms with E-state index in [-0.39, 0.29) is 5.97 Å². The number of carbonyl (C=O) groups excluding carboxylic acids is 1. The molecule has 0 aliphatic rings. The predicted molar refractivity (Wildman–Crippen MR) is 94.6 cm³/mol. The standard InChI is InChI=1S/C21H18O3/c1-15-3-5-16(6-4-15)17-7-13-20(14-8-17)24-21(22)18-9-11-19(23-2)12-10-18/h3-14H,1-2H3. The van der Waals surface area contributed by atoms with Crippen LogP contribution in [-0.4, -0.2) is 13.1 Å². The molecule has 0 aromatic heterocycles. The number of methoxy groups -OCH3 is 1. The van der Waals surface area contributed by atoms with E-state index >= 15 is 0 Å². The van der Waals surface area contributed by atoms with E-state index in [4.69, 9.17) is 9.47 Å². The van der Waals surface area contributed by atoms with Crippen molar-refractivity contribution in [1.82, 2.24) is 0 Å². The third kappa shape index (κ3) is 3.63. The summed E-state index contributed by atoms with van der Waals surface area (Å²) in [6.45, 7) is 2.06. The van der Waals surface area contributed by atoms with Gasteiger partial charge in [-0.15, -0.1) is 0 Å². The van der Waals surface area contributed by atoms with Gasteiger partial charge in [0.05, 0.1) is 12.7 Å². The highest BCUT2D eigenvalue weighted by molar-refractivity contribution is 5.91. The fourth-order valence-corrected chi connectivity index (χ4v) is 2.35. The number of hydrogen-bond acceptors (Lipinski definition) is 3. The molecule has 0 amide bonds. The van der Waals surface area contributed by atoms with E-state index in [1.807, 2.05) is 12.1 Å². The number of esters is 1. The molecule has 3 heteroatoms. The summed E-state index contributed by atoms with van der Waals surface area (Å²) in [5.74, 6) is 0.835. The number of carbonyl (C=O) groups is 1. The Kier molecular flexibility index (Phi) is 4.62. The lowest BCUT2D eigenvalue weighted by Gasteiger charge is -2.07. The minimum Gasteiger partial charge on any atom is -0.497 e. The minimum absolute atomic E-state index is 0.388. The van der Waals surface area contributed by atoms with Gasteiger partial charge in [-0.1, -0.05) is 42.0 Å². The summed E-state index contributed by atoms with van der Waals surface area (Å²) in [7, 11) is 1.59. The van der Waals surface area contributed by atoms with Gasteiger partial charge in [0.2, 0.25) is 0 Å². The Labute approximate surface area is 141 Å². The molecule has 3 rings (SSSR count). The number of aryl methyl sites for hydroxylation is 1. The summed E-state index contributed by atoms with van der Waals surface area (Å²) in [4.78, 5) is 12.1. The second-order valence-electron chi connectivity index (χ2n) is 5.51. The molecule has 120 valence electrons. The molecule has 24 heavy (non-hydrogen) atoms. The summed E-state index contributed by atoms with van der Waals surface area (Å²) in [5.41, 5.74) is 3.93. The zero-order valence-corrected chi connectivity index (χ0v) is 13.7. The molecule has 0 atom stereocenters. The normalized spacial score (nSPS) is 10.2. The fraction of sp³-hybridized carbons (Fsp3) is 0.0952. The van der Waals surface area contributed by atoms with Crippen LogP contribution in [0.15, 0.2) is 72.8 Å². The molecule has 0 spiro atoms. The molecule has 0 saturated carbocycles. The van der Waals surface area contributed by atoms with Gasteiger partial charge in [-0.25, -0.2) is 4.79 Å². The van der Waals surface area contributed by atoms with Gasteiger partial charge in [-0.05, 0) is 54.4 Å². The Morgan fingerprint density at radius 3 is 1.75 bits per heavy atom. The lowest BCUT2D eigenvalue weighted by Crippen LogP contribution is -2.08. The Balaban J connectivity index is 1.71. The summed E-state index contributed by atoms with van der Waals surface area (Å²) in [6, 6.07) is 22.6. The molecule has 0 unspecified atom stereocenters. The van der Waals surface area contributed by atoms with Crippen molar-refractivity contribution in [3.63, 3.8) is 0 Å². The Bertz CT molecular complexity index is 816. The number of ether oxygens (including phenoxy) is 2. The molecule has 0 saturated heterocycles. The van der Waals surface area contributed by atoms with E-state index in [1.54, 1.807) is 43.5 Å². The Morgan fingerprint density at radius 2 is 1.21 bits per heavy atom. The van der Waals surface area contributed by atoms with Crippen LogP contribution in [0.2, 0.25) is 0 Å². The molecule has 3 aromatic rings. The van der Waals surface area contributed by atoms with Crippen LogP contribution in [0.25, 0.3) is 11.1 Å². The minimum atomic E-state index is -0.388. The third-order valence-corrected chi connectivity index (χ3v) is 3.78. The van der Waals surface area contributed by atoms with Crippen LogP contribution in [0.1, 0.15) is 15.9 Å². The monoisotopic (exact) mass is 318 g/mol. The van der Waals surface area contributed by atoms with E-state index < -0.39 is 0 Å². The van der Waals surface area contributed by atoms with Crippen molar-refractivity contribution < 1.29 is 14.3 Å². The molecule has 3 nitrogen and oxygen atoms in total. The van der Waals surface area contributed by atoms with Crippen molar-refractivity contribution in [2.75, 3.05) is 7.11 Å². The zero-order chi connectivity index (χ0) is 16.9. The lowest BCUT2D eigenvalue weighted by atomic mass is 10.0. The molecule has 0 bridgehead atoms. The summed E-state index contributed by atoms with van der Waals surface area (Å²) < 4.78 is 10.5. The predicted octanol–water partition coefficient (Wildman–Crippen LogP) is 4.89. The molecule has 0 aliphatic heterocycles. The van der Waals surface area contributed by atoms with Gasteiger partial charge in [0, 0.05) is 0 Å². The maximum absolute atomic E-state index is 12.1. The zero-order valence-electron chi connectivity index (χ0n) is 13.7. The van der Waals surface area contributed by atoms with Crippen molar-refractivity contribution in [2.24, 2.45) is 0 Å². The van der Waals surface area contributed by atoms with E-state index in [0.29, 0.717) is 17.1 Å². The van der Waals surface area contributed by atoms with Crippen LogP contribution in [0.5, 0.6) is 11.5 Å². The Morgan fingerprint density at radius 1 is 0.708 bits per heavy atom. The highest BCUT2D eigenvalue weighted by Gasteiger charge is 2.09. The maximum Gasteiger partial charge on any atom is 0.343 e. The largest absolute Gasteiger partial charge is 0.497 e. The van der Waals surface area contributed by atoms with Crippen molar-refractivity contribution >= 4 is 5.97 Å². The molecule has 0 aliphatic carbocycles. The average Bonchev–Trinajstić information content (AvgIpc) is 2.63. The van der Waals surface area contributed by atoms with E-state index in [0.717, 1.165) is 11.1 Å². The van der Waals surface area contributed by atoms with Crippen LogP contribution in [0.4, 0.5) is 0 Å². The number of benzene rings is 3. The van der Waals surface area contributed by atoms with Gasteiger partial charge in [-0.3, -0.25) is 0 Å². The van der Waals surface area contributed by atoms with Crippen molar-refractivity contribution in [2.45, 2.75) is 6.92 Å². The van der Waals surface area contributed by atoms with Crippen LogP contribution in [0, 0.1) is 6.92 Å². The van der Waals surface area contributed by atoms with Gasteiger partial charge in [0.1, 0.15) is 11.5 Å². The smallest absolute Gasteiger partial charge is 0.343 e. The van der Waals surface area contributed by atoms with E-state index in [2.05, 4.69) is 31.2 Å². The van der Waals surface area contributed by atoms with Crippen molar-refractivity contribution in [1.29, 1.82) is 0 Å². The van der Waals surface area contributed by atoms with Crippen LogP contribution in [-0.2, 0) is 0 Å². The second kappa shape index (κ2) is 7.01. The molecular weight excluding hydrogens is 300 g/mol. The molecule has 0 heterocycles. The van der Waals surface area contributed by atoms with E-state index in [1.165, 1.54) is 5.56 Å². The summed E-state index contributed by atoms with van der Waals surface area (Å²) in [5, 5.41) is 0. The van der Waals surface area contributed by atoms with Crippen molar-refractivity contribution in [3.8, 4) is 22.6 Å². The van der Waals surface area contributed by atoms with Gasteiger partial charge in [-0.2, -0.15) is 0 Å². The Hall–Kier alpha value is -3.07. The van der Waals surface area contributed by atoms with Gasteiger partial charge < -0.3 is 9.47 Å². The second-order valence-corrected chi connectivity index (χ2v) is 5.51. The first-order valence-corrected chi connectivity index (χ1v) is 7.69. The van der Waals surface area contributed by atoms with E-state index in [9.17, 15) is 4.79 Å². The fourth-order valence-electron chi connectivity index (χ4n) is 2.35. The molecular formula is C21H18O3. The van der Waals surface area contributed by atoms with Gasteiger partial charge in [0.25, 0.3) is 0 Å². The summed E-state index contributed by atoms with van der Waals surface area (Å²) in [6.07, 6.45) is 0.